The third-order valence-electron chi connectivity index (χ3n) is 1.99. The van der Waals surface area contributed by atoms with Crippen LogP contribution >= 0.6 is 0 Å². The molecular weight excluding hydrogens is 247 g/mol. The summed E-state index contributed by atoms with van der Waals surface area (Å²) in [5, 5.41) is 0. The molecule has 1 aromatic carbocycles. The molecule has 7 heteroatoms. The van der Waals surface area contributed by atoms with Gasteiger partial charge in [0.15, 0.2) is 0 Å². The molecule has 0 unspecified atom stereocenters. The molecule has 0 bridgehead atoms. The Morgan fingerprint density at radius 1 is 1.47 bits per heavy atom. The van der Waals surface area contributed by atoms with Crippen molar-refractivity contribution in [1.29, 1.82) is 0 Å². The van der Waals surface area contributed by atoms with Crippen LogP contribution in [-0.2, 0) is 10.0 Å². The van der Waals surface area contributed by atoms with E-state index in [2.05, 4.69) is 4.72 Å². The van der Waals surface area contributed by atoms with Crippen molar-refractivity contribution in [2.45, 2.75) is 13.3 Å². The molecule has 0 aliphatic rings. The van der Waals surface area contributed by atoms with Gasteiger partial charge in [-0.05, 0) is 24.6 Å². The zero-order chi connectivity index (χ0) is 13.1. The van der Waals surface area contributed by atoms with Crippen molar-refractivity contribution < 1.29 is 17.6 Å². The Kier molecular flexibility index (Phi) is 4.06. The molecule has 5 nitrogen and oxygen atoms in total. The molecule has 1 rings (SSSR count). The number of hydrogen-bond acceptors (Lipinski definition) is 3. The number of primary amides is 1. The highest BCUT2D eigenvalue weighted by Crippen LogP contribution is 2.17. The number of anilines is 1. The number of halogens is 1. The van der Waals surface area contributed by atoms with Crippen molar-refractivity contribution >= 4 is 21.6 Å². The molecular formula is C10H13FN2O3S. The molecule has 0 atom stereocenters. The first-order valence-electron chi connectivity index (χ1n) is 4.95. The second kappa shape index (κ2) is 5.13. The number of amides is 1. The third kappa shape index (κ3) is 3.70. The fourth-order valence-corrected chi connectivity index (χ4v) is 2.38. The van der Waals surface area contributed by atoms with Crippen molar-refractivity contribution in [2.24, 2.45) is 5.73 Å². The third-order valence-corrected chi connectivity index (χ3v) is 3.47. The standard InChI is InChI=1S/C10H13FN2O3S/c1-2-5-17(15,16)13-9-6-7(10(12)14)3-4-8(9)11/h3-4,6,13H,2,5H2,1H3,(H2,12,14). The maximum Gasteiger partial charge on any atom is 0.248 e. The van der Waals surface area contributed by atoms with E-state index < -0.39 is 21.7 Å². The molecule has 1 amide bonds. The zero-order valence-corrected chi connectivity index (χ0v) is 10.1. The number of nitrogens with one attached hydrogen (secondary N) is 1. The van der Waals surface area contributed by atoms with E-state index in [4.69, 9.17) is 5.73 Å². The maximum atomic E-state index is 13.3. The maximum absolute atomic E-state index is 13.3. The summed E-state index contributed by atoms with van der Waals surface area (Å²) in [7, 11) is -3.59. The van der Waals surface area contributed by atoms with Crippen LogP contribution in [0.4, 0.5) is 10.1 Å². The molecule has 3 N–H and O–H groups in total. The van der Waals surface area contributed by atoms with E-state index in [9.17, 15) is 17.6 Å². The second-order valence-corrected chi connectivity index (χ2v) is 5.32. The van der Waals surface area contributed by atoms with Crippen molar-refractivity contribution in [3.8, 4) is 0 Å². The Labute approximate surface area is 98.9 Å². The SMILES string of the molecule is CCCS(=O)(=O)Nc1cc(C(N)=O)ccc1F. The first kappa shape index (κ1) is 13.4. The van der Waals surface area contributed by atoms with Gasteiger partial charge in [-0.1, -0.05) is 6.92 Å². The van der Waals surface area contributed by atoms with Crippen LogP contribution in [0.5, 0.6) is 0 Å². The number of hydrogen-bond donors (Lipinski definition) is 2. The Morgan fingerprint density at radius 2 is 2.12 bits per heavy atom. The monoisotopic (exact) mass is 260 g/mol. The summed E-state index contributed by atoms with van der Waals surface area (Å²) in [6, 6.07) is 3.25. The minimum Gasteiger partial charge on any atom is -0.366 e. The van der Waals surface area contributed by atoms with Gasteiger partial charge in [0.1, 0.15) is 5.82 Å². The summed E-state index contributed by atoms with van der Waals surface area (Å²) in [4.78, 5) is 10.9. The highest BCUT2D eigenvalue weighted by atomic mass is 32.2. The van der Waals surface area contributed by atoms with Gasteiger partial charge in [0.25, 0.3) is 0 Å². The summed E-state index contributed by atoms with van der Waals surface area (Å²) < 4.78 is 38.3. The van der Waals surface area contributed by atoms with Gasteiger partial charge in [-0.3, -0.25) is 9.52 Å². The fraction of sp³-hybridized carbons (Fsp3) is 0.300. The van der Waals surface area contributed by atoms with E-state index in [0.29, 0.717) is 6.42 Å². The summed E-state index contributed by atoms with van der Waals surface area (Å²) in [6.45, 7) is 1.69. The molecule has 0 aliphatic carbocycles. The molecule has 0 heterocycles. The van der Waals surface area contributed by atoms with Crippen molar-refractivity contribution in [1.82, 2.24) is 0 Å². The highest BCUT2D eigenvalue weighted by molar-refractivity contribution is 7.92. The van der Waals surface area contributed by atoms with Gasteiger partial charge in [0.05, 0.1) is 11.4 Å². The van der Waals surface area contributed by atoms with Crippen LogP contribution in [-0.4, -0.2) is 20.1 Å². The summed E-state index contributed by atoms with van der Waals surface area (Å²) >= 11 is 0. The van der Waals surface area contributed by atoms with Gasteiger partial charge in [-0.15, -0.1) is 0 Å². The lowest BCUT2D eigenvalue weighted by Gasteiger charge is -2.08. The van der Waals surface area contributed by atoms with Crippen LogP contribution in [0.3, 0.4) is 0 Å². The lowest BCUT2D eigenvalue weighted by Crippen LogP contribution is -2.18. The number of carbonyl (C=O) groups excluding carboxylic acids is 1. The van der Waals surface area contributed by atoms with Crippen LogP contribution in [0.2, 0.25) is 0 Å². The number of benzene rings is 1. The van der Waals surface area contributed by atoms with Crippen LogP contribution in [0.15, 0.2) is 18.2 Å². The van der Waals surface area contributed by atoms with Crippen molar-refractivity contribution in [3.63, 3.8) is 0 Å². The Bertz CT molecular complexity index is 528. The van der Waals surface area contributed by atoms with Crippen molar-refractivity contribution in [3.05, 3.63) is 29.6 Å². The molecule has 0 saturated heterocycles. The topological polar surface area (TPSA) is 89.3 Å². The molecule has 0 fully saturated rings. The molecule has 1 aromatic rings. The second-order valence-electron chi connectivity index (χ2n) is 3.48. The first-order chi connectivity index (χ1) is 7.85. The predicted molar refractivity (Wildman–Crippen MR) is 62.6 cm³/mol. The van der Waals surface area contributed by atoms with E-state index >= 15 is 0 Å². The minimum absolute atomic E-state index is 0.0422. The number of carbonyl (C=O) groups is 1. The van der Waals surface area contributed by atoms with Gasteiger partial charge >= 0.3 is 0 Å². The average Bonchev–Trinajstić information content (AvgIpc) is 2.20. The van der Waals surface area contributed by atoms with Gasteiger partial charge in [0.2, 0.25) is 15.9 Å². The zero-order valence-electron chi connectivity index (χ0n) is 9.23. The molecule has 0 aliphatic heterocycles. The van der Waals surface area contributed by atoms with Crippen LogP contribution in [0, 0.1) is 5.82 Å². The summed E-state index contributed by atoms with van der Waals surface area (Å²) in [5.74, 6) is -1.62. The smallest absolute Gasteiger partial charge is 0.248 e. The van der Waals surface area contributed by atoms with Gasteiger partial charge in [-0.25, -0.2) is 12.8 Å². The van der Waals surface area contributed by atoms with Gasteiger partial charge in [-0.2, -0.15) is 0 Å². The molecule has 0 spiro atoms. The van der Waals surface area contributed by atoms with Gasteiger partial charge < -0.3 is 5.73 Å². The van der Waals surface area contributed by atoms with E-state index in [1.165, 1.54) is 6.07 Å². The number of rotatable bonds is 5. The Morgan fingerprint density at radius 3 is 2.65 bits per heavy atom. The average molecular weight is 260 g/mol. The lowest BCUT2D eigenvalue weighted by molar-refractivity contribution is 0.100. The van der Waals surface area contributed by atoms with Gasteiger partial charge in [0, 0.05) is 5.56 Å². The van der Waals surface area contributed by atoms with E-state index in [0.717, 1.165) is 12.1 Å². The molecule has 17 heavy (non-hydrogen) atoms. The number of nitrogens with two attached hydrogens (primary N) is 1. The normalized spacial score (nSPS) is 11.2. The summed E-state index contributed by atoms with van der Waals surface area (Å²) in [5.41, 5.74) is 4.79. The Hall–Kier alpha value is -1.63. The molecule has 0 radical (unpaired) electrons. The minimum atomic E-state index is -3.59. The molecule has 0 aromatic heterocycles. The predicted octanol–water partition coefficient (Wildman–Crippen LogP) is 1.08. The van der Waals surface area contributed by atoms with E-state index in [1.54, 1.807) is 6.92 Å². The van der Waals surface area contributed by atoms with Crippen LogP contribution in [0.1, 0.15) is 23.7 Å². The molecule has 0 saturated carbocycles. The van der Waals surface area contributed by atoms with E-state index in [1.807, 2.05) is 0 Å². The highest BCUT2D eigenvalue weighted by Gasteiger charge is 2.13. The fourth-order valence-electron chi connectivity index (χ4n) is 1.24. The van der Waals surface area contributed by atoms with Crippen LogP contribution in [0.25, 0.3) is 0 Å². The quantitative estimate of drug-likeness (QED) is 0.830. The Balaban J connectivity index is 3.06. The summed E-state index contributed by atoms with van der Waals surface area (Å²) in [6.07, 6.45) is 0.409. The molecule has 94 valence electrons. The largest absolute Gasteiger partial charge is 0.366 e. The van der Waals surface area contributed by atoms with E-state index in [-0.39, 0.29) is 17.0 Å². The van der Waals surface area contributed by atoms with Crippen molar-refractivity contribution in [2.75, 3.05) is 10.5 Å². The first-order valence-corrected chi connectivity index (χ1v) is 6.61. The number of sulfonamides is 1. The van der Waals surface area contributed by atoms with Crippen LogP contribution < -0.4 is 10.5 Å². The lowest BCUT2D eigenvalue weighted by atomic mass is 10.2.